The van der Waals surface area contributed by atoms with E-state index in [0.717, 1.165) is 44.2 Å². The molecule has 0 N–H and O–H groups in total. The summed E-state index contributed by atoms with van der Waals surface area (Å²) in [6.45, 7) is 8.95. The second-order valence-corrected chi connectivity index (χ2v) is 5.95. The highest BCUT2D eigenvalue weighted by atomic mass is 19.1. The van der Waals surface area contributed by atoms with Crippen LogP contribution in [0.4, 0.5) is 10.1 Å². The summed E-state index contributed by atoms with van der Waals surface area (Å²) in [6, 6.07) is 14.9. The molecule has 1 saturated heterocycles. The summed E-state index contributed by atoms with van der Waals surface area (Å²) in [6.07, 6.45) is 1.76. The molecule has 0 atom stereocenters. The Hall–Kier alpha value is -2.33. The Morgan fingerprint density at radius 3 is 2.42 bits per heavy atom. The van der Waals surface area contributed by atoms with E-state index in [-0.39, 0.29) is 5.82 Å². The second-order valence-electron chi connectivity index (χ2n) is 5.95. The molecule has 2 aromatic rings. The molecule has 0 bridgehead atoms. The molecule has 0 unspecified atom stereocenters. The van der Waals surface area contributed by atoms with E-state index in [9.17, 15) is 4.39 Å². The average molecular weight is 326 g/mol. The zero-order valence-corrected chi connectivity index (χ0v) is 13.8. The van der Waals surface area contributed by atoms with E-state index < -0.39 is 0 Å². The van der Waals surface area contributed by atoms with Gasteiger partial charge in [0.15, 0.2) is 0 Å². The van der Waals surface area contributed by atoms with Gasteiger partial charge in [-0.05, 0) is 30.3 Å². The van der Waals surface area contributed by atoms with Gasteiger partial charge in [-0.1, -0.05) is 30.9 Å². The molecule has 1 aliphatic heterocycles. The first-order valence-electron chi connectivity index (χ1n) is 8.31. The molecule has 3 rings (SSSR count). The van der Waals surface area contributed by atoms with E-state index in [1.807, 2.05) is 30.3 Å². The minimum atomic E-state index is -0.187. The van der Waals surface area contributed by atoms with Gasteiger partial charge in [0, 0.05) is 44.0 Å². The molecular weight excluding hydrogens is 303 g/mol. The first-order valence-corrected chi connectivity index (χ1v) is 8.31. The van der Waals surface area contributed by atoms with Crippen LogP contribution >= 0.6 is 0 Å². The molecule has 0 saturated carbocycles. The van der Waals surface area contributed by atoms with Crippen molar-refractivity contribution in [3.63, 3.8) is 0 Å². The number of anilines is 1. The molecule has 1 aliphatic rings. The lowest BCUT2D eigenvalue weighted by Crippen LogP contribution is -2.46. The fourth-order valence-corrected chi connectivity index (χ4v) is 2.98. The minimum Gasteiger partial charge on any atom is -0.489 e. The molecule has 4 heteroatoms. The molecule has 0 spiro atoms. The maximum atomic E-state index is 13.0. The van der Waals surface area contributed by atoms with E-state index in [1.54, 1.807) is 6.08 Å². The molecule has 0 amide bonds. The van der Waals surface area contributed by atoms with Gasteiger partial charge in [0.25, 0.3) is 0 Å². The predicted molar refractivity (Wildman–Crippen MR) is 96.0 cm³/mol. The fraction of sp³-hybridized carbons (Fsp3) is 0.300. The SMILES string of the molecule is C=CCOc1ccccc1CN1CCN(c2ccc(F)cc2)CC1. The Kier molecular flexibility index (Phi) is 5.49. The molecule has 2 aromatic carbocycles. The van der Waals surface area contributed by atoms with Gasteiger partial charge < -0.3 is 9.64 Å². The van der Waals surface area contributed by atoms with Gasteiger partial charge in [-0.2, -0.15) is 0 Å². The van der Waals surface area contributed by atoms with Gasteiger partial charge in [0.2, 0.25) is 0 Å². The largest absolute Gasteiger partial charge is 0.489 e. The van der Waals surface area contributed by atoms with Gasteiger partial charge in [-0.3, -0.25) is 4.90 Å². The Balaban J connectivity index is 1.57. The first kappa shape index (κ1) is 16.5. The summed E-state index contributed by atoms with van der Waals surface area (Å²) < 4.78 is 18.8. The number of hydrogen-bond acceptors (Lipinski definition) is 3. The zero-order valence-electron chi connectivity index (χ0n) is 13.8. The van der Waals surface area contributed by atoms with Crippen molar-refractivity contribution < 1.29 is 9.13 Å². The van der Waals surface area contributed by atoms with Gasteiger partial charge in [0.1, 0.15) is 18.2 Å². The number of halogens is 1. The number of hydrogen-bond donors (Lipinski definition) is 0. The maximum Gasteiger partial charge on any atom is 0.124 e. The third-order valence-corrected chi connectivity index (χ3v) is 4.29. The van der Waals surface area contributed by atoms with Crippen LogP contribution in [-0.4, -0.2) is 37.7 Å². The van der Waals surface area contributed by atoms with Crippen LogP contribution < -0.4 is 9.64 Å². The number of ether oxygens (including phenoxy) is 1. The van der Waals surface area contributed by atoms with Crippen LogP contribution in [0.5, 0.6) is 5.75 Å². The van der Waals surface area contributed by atoms with Crippen LogP contribution in [0.25, 0.3) is 0 Å². The van der Waals surface area contributed by atoms with Crippen LogP contribution in [0.3, 0.4) is 0 Å². The van der Waals surface area contributed by atoms with Crippen molar-refractivity contribution in [2.45, 2.75) is 6.54 Å². The number of rotatable bonds is 6. The molecule has 24 heavy (non-hydrogen) atoms. The summed E-state index contributed by atoms with van der Waals surface area (Å²) in [5, 5.41) is 0. The van der Waals surface area contributed by atoms with E-state index in [4.69, 9.17) is 4.74 Å². The molecule has 0 radical (unpaired) electrons. The van der Waals surface area contributed by atoms with Crippen molar-refractivity contribution in [2.24, 2.45) is 0 Å². The van der Waals surface area contributed by atoms with E-state index in [2.05, 4.69) is 22.4 Å². The highest BCUT2D eigenvalue weighted by Gasteiger charge is 2.18. The van der Waals surface area contributed by atoms with Gasteiger partial charge in [-0.15, -0.1) is 0 Å². The van der Waals surface area contributed by atoms with Crippen LogP contribution in [0.1, 0.15) is 5.56 Å². The lowest BCUT2D eigenvalue weighted by atomic mass is 10.1. The Morgan fingerprint density at radius 2 is 1.71 bits per heavy atom. The van der Waals surface area contributed by atoms with Gasteiger partial charge >= 0.3 is 0 Å². The van der Waals surface area contributed by atoms with E-state index in [1.165, 1.54) is 17.7 Å². The highest BCUT2D eigenvalue weighted by Crippen LogP contribution is 2.22. The van der Waals surface area contributed by atoms with Crippen molar-refractivity contribution in [1.82, 2.24) is 4.90 Å². The van der Waals surface area contributed by atoms with Crippen LogP contribution in [0.15, 0.2) is 61.2 Å². The van der Waals surface area contributed by atoms with E-state index in [0.29, 0.717) is 6.61 Å². The minimum absolute atomic E-state index is 0.187. The van der Waals surface area contributed by atoms with Crippen molar-refractivity contribution in [3.8, 4) is 5.75 Å². The summed E-state index contributed by atoms with van der Waals surface area (Å²) in [4.78, 5) is 4.73. The number of nitrogens with zero attached hydrogens (tertiary/aromatic N) is 2. The highest BCUT2D eigenvalue weighted by molar-refractivity contribution is 5.46. The molecule has 1 fully saturated rings. The molecule has 3 nitrogen and oxygen atoms in total. The number of piperazine rings is 1. The van der Waals surface area contributed by atoms with Gasteiger partial charge in [0.05, 0.1) is 0 Å². The fourth-order valence-electron chi connectivity index (χ4n) is 2.98. The summed E-state index contributed by atoms with van der Waals surface area (Å²) in [7, 11) is 0. The monoisotopic (exact) mass is 326 g/mol. The second kappa shape index (κ2) is 7.97. The quantitative estimate of drug-likeness (QED) is 0.753. The average Bonchev–Trinajstić information content (AvgIpc) is 2.62. The van der Waals surface area contributed by atoms with Crippen molar-refractivity contribution in [3.05, 3.63) is 72.6 Å². The lowest BCUT2D eigenvalue weighted by molar-refractivity contribution is 0.244. The zero-order chi connectivity index (χ0) is 16.8. The molecule has 1 heterocycles. The predicted octanol–water partition coefficient (Wildman–Crippen LogP) is 3.71. The first-order chi connectivity index (χ1) is 11.8. The molecule has 0 aliphatic carbocycles. The Bertz CT molecular complexity index is 664. The van der Waals surface area contributed by atoms with Crippen molar-refractivity contribution in [2.75, 3.05) is 37.7 Å². The van der Waals surface area contributed by atoms with Crippen molar-refractivity contribution in [1.29, 1.82) is 0 Å². The normalized spacial score (nSPS) is 15.3. The molecule has 126 valence electrons. The van der Waals surface area contributed by atoms with Crippen LogP contribution in [-0.2, 0) is 6.54 Å². The topological polar surface area (TPSA) is 15.7 Å². The van der Waals surface area contributed by atoms with E-state index >= 15 is 0 Å². The smallest absolute Gasteiger partial charge is 0.124 e. The number of benzene rings is 2. The Morgan fingerprint density at radius 1 is 1.00 bits per heavy atom. The Labute approximate surface area is 143 Å². The third kappa shape index (κ3) is 4.15. The summed E-state index contributed by atoms with van der Waals surface area (Å²) in [5.41, 5.74) is 2.29. The van der Waals surface area contributed by atoms with Crippen LogP contribution in [0.2, 0.25) is 0 Å². The van der Waals surface area contributed by atoms with Gasteiger partial charge in [-0.25, -0.2) is 4.39 Å². The summed E-state index contributed by atoms with van der Waals surface area (Å²) in [5.74, 6) is 0.742. The molecule has 0 aromatic heterocycles. The summed E-state index contributed by atoms with van der Waals surface area (Å²) >= 11 is 0. The molecular formula is C20H23FN2O. The van der Waals surface area contributed by atoms with Crippen LogP contribution in [0, 0.1) is 5.82 Å². The number of para-hydroxylation sites is 1. The maximum absolute atomic E-state index is 13.0. The lowest BCUT2D eigenvalue weighted by Gasteiger charge is -2.36. The van der Waals surface area contributed by atoms with Crippen molar-refractivity contribution >= 4 is 5.69 Å². The standard InChI is InChI=1S/C20H23FN2O/c1-2-15-24-20-6-4-3-5-17(20)16-22-11-13-23(14-12-22)19-9-7-18(21)8-10-19/h2-10H,1,11-16H2. The third-order valence-electron chi connectivity index (χ3n) is 4.29.